The number of hydrogen-bond acceptors (Lipinski definition) is 1. The van der Waals surface area contributed by atoms with Gasteiger partial charge in [0.15, 0.2) is 0 Å². The van der Waals surface area contributed by atoms with Crippen molar-refractivity contribution in [3.05, 3.63) is 48.4 Å². The van der Waals surface area contributed by atoms with Gasteiger partial charge in [0.25, 0.3) is 0 Å². The maximum Gasteiger partial charge on any atom is 0.0340 e. The molecular formula is C13H19N. The molecule has 1 N–H and O–H groups in total. The molecule has 0 aromatic carbocycles. The van der Waals surface area contributed by atoms with Crippen LogP contribution in [0.2, 0.25) is 0 Å². The highest BCUT2D eigenvalue weighted by molar-refractivity contribution is 5.28. The van der Waals surface area contributed by atoms with Crippen LogP contribution in [0.3, 0.4) is 0 Å². The van der Waals surface area contributed by atoms with Crippen molar-refractivity contribution in [3.63, 3.8) is 0 Å². The molecule has 1 rings (SSSR count). The van der Waals surface area contributed by atoms with E-state index in [0.29, 0.717) is 0 Å². The summed E-state index contributed by atoms with van der Waals surface area (Å²) in [6, 6.07) is 0. The number of nitrogens with one attached hydrogen (secondary N) is 1. The smallest absolute Gasteiger partial charge is 0.0340 e. The summed E-state index contributed by atoms with van der Waals surface area (Å²) in [5.74, 6) is 0. The Morgan fingerprint density at radius 1 is 1.64 bits per heavy atom. The van der Waals surface area contributed by atoms with Crippen LogP contribution in [0.25, 0.3) is 0 Å². The molecule has 0 saturated heterocycles. The van der Waals surface area contributed by atoms with Crippen molar-refractivity contribution in [2.45, 2.75) is 32.6 Å². The molecule has 0 aliphatic heterocycles. The van der Waals surface area contributed by atoms with Gasteiger partial charge in [0.1, 0.15) is 0 Å². The van der Waals surface area contributed by atoms with Crippen molar-refractivity contribution in [2.24, 2.45) is 0 Å². The molecule has 76 valence electrons. The molecule has 0 aromatic rings. The molecule has 14 heavy (non-hydrogen) atoms. The van der Waals surface area contributed by atoms with E-state index in [4.69, 9.17) is 0 Å². The van der Waals surface area contributed by atoms with Gasteiger partial charge in [-0.25, -0.2) is 0 Å². The lowest BCUT2D eigenvalue weighted by atomic mass is 10.0. The van der Waals surface area contributed by atoms with E-state index in [2.05, 4.69) is 37.6 Å². The molecule has 0 aromatic heterocycles. The third kappa shape index (κ3) is 3.65. The maximum atomic E-state index is 3.98. The molecule has 1 aliphatic rings. The van der Waals surface area contributed by atoms with Crippen molar-refractivity contribution in [1.82, 2.24) is 5.32 Å². The predicted molar refractivity (Wildman–Crippen MR) is 62.8 cm³/mol. The Balaban J connectivity index is 2.40. The van der Waals surface area contributed by atoms with Crippen LogP contribution >= 0.6 is 0 Å². The lowest BCUT2D eigenvalue weighted by Crippen LogP contribution is -2.12. The Morgan fingerprint density at radius 2 is 2.43 bits per heavy atom. The monoisotopic (exact) mass is 189 g/mol. The summed E-state index contributed by atoms with van der Waals surface area (Å²) in [4.78, 5) is 0. The van der Waals surface area contributed by atoms with Crippen molar-refractivity contribution >= 4 is 0 Å². The van der Waals surface area contributed by atoms with Gasteiger partial charge >= 0.3 is 0 Å². The quantitative estimate of drug-likeness (QED) is 0.650. The summed E-state index contributed by atoms with van der Waals surface area (Å²) in [5.41, 5.74) is 3.71. The minimum absolute atomic E-state index is 0.966. The van der Waals surface area contributed by atoms with E-state index >= 15 is 0 Å². The lowest BCUT2D eigenvalue weighted by molar-refractivity contribution is 0.839. The van der Waals surface area contributed by atoms with Crippen molar-refractivity contribution in [1.29, 1.82) is 0 Å². The first-order valence-corrected chi connectivity index (χ1v) is 5.15. The standard InChI is InChI=1S/C13H19N/c1-4-5-8-12(3)14-13-9-6-7-11(2)10-13/h4,9-10,14H,1,3,5-8H2,2H3. The molecule has 0 amide bonds. The van der Waals surface area contributed by atoms with E-state index in [1.165, 1.54) is 17.7 Å². The number of hydrogen-bond donors (Lipinski definition) is 1. The molecule has 1 heteroatoms. The van der Waals surface area contributed by atoms with Gasteiger partial charge in [-0.05, 0) is 38.7 Å². The predicted octanol–water partition coefficient (Wildman–Crippen LogP) is 3.68. The maximum absolute atomic E-state index is 3.98. The van der Waals surface area contributed by atoms with Crippen molar-refractivity contribution in [2.75, 3.05) is 0 Å². The average Bonchev–Trinajstić information content (AvgIpc) is 2.15. The van der Waals surface area contributed by atoms with Crippen LogP contribution in [0, 0.1) is 0 Å². The van der Waals surface area contributed by atoms with Crippen LogP contribution in [-0.2, 0) is 0 Å². The summed E-state index contributed by atoms with van der Waals surface area (Å²) < 4.78 is 0. The third-order valence-electron chi connectivity index (χ3n) is 2.28. The molecular weight excluding hydrogens is 170 g/mol. The van der Waals surface area contributed by atoms with Crippen LogP contribution in [0.5, 0.6) is 0 Å². The zero-order valence-electron chi connectivity index (χ0n) is 8.97. The molecule has 0 fully saturated rings. The van der Waals surface area contributed by atoms with E-state index in [9.17, 15) is 0 Å². The fourth-order valence-electron chi connectivity index (χ4n) is 1.48. The van der Waals surface area contributed by atoms with Gasteiger partial charge in [-0.3, -0.25) is 0 Å². The fourth-order valence-corrected chi connectivity index (χ4v) is 1.48. The second-order valence-corrected chi connectivity index (χ2v) is 3.74. The Labute approximate surface area is 86.9 Å². The Kier molecular flexibility index (Phi) is 4.24. The highest BCUT2D eigenvalue weighted by atomic mass is 14.9. The van der Waals surface area contributed by atoms with Gasteiger partial charge < -0.3 is 5.32 Å². The number of allylic oxidation sites excluding steroid dienone is 5. The fraction of sp³-hybridized carbons (Fsp3) is 0.385. The second kappa shape index (κ2) is 5.48. The Morgan fingerprint density at radius 3 is 3.07 bits per heavy atom. The van der Waals surface area contributed by atoms with E-state index in [1.54, 1.807) is 0 Å². The van der Waals surface area contributed by atoms with Crippen LogP contribution in [0.15, 0.2) is 48.4 Å². The van der Waals surface area contributed by atoms with Crippen LogP contribution < -0.4 is 5.32 Å². The summed E-state index contributed by atoms with van der Waals surface area (Å²) >= 11 is 0. The number of rotatable bonds is 5. The molecule has 1 aliphatic carbocycles. The van der Waals surface area contributed by atoms with E-state index in [1.807, 2.05) is 6.08 Å². The molecule has 1 nitrogen and oxygen atoms in total. The summed E-state index contributed by atoms with van der Waals surface area (Å²) in [7, 11) is 0. The first-order valence-electron chi connectivity index (χ1n) is 5.15. The molecule has 0 heterocycles. The van der Waals surface area contributed by atoms with Crippen LogP contribution in [-0.4, -0.2) is 0 Å². The average molecular weight is 189 g/mol. The molecule has 0 unspecified atom stereocenters. The third-order valence-corrected chi connectivity index (χ3v) is 2.28. The highest BCUT2D eigenvalue weighted by Gasteiger charge is 2.01. The highest BCUT2D eigenvalue weighted by Crippen LogP contribution is 2.16. The largest absolute Gasteiger partial charge is 0.360 e. The van der Waals surface area contributed by atoms with Crippen molar-refractivity contribution in [3.8, 4) is 0 Å². The van der Waals surface area contributed by atoms with Crippen molar-refractivity contribution < 1.29 is 0 Å². The molecule has 0 spiro atoms. The van der Waals surface area contributed by atoms with Gasteiger partial charge in [-0.2, -0.15) is 0 Å². The SMILES string of the molecule is C=CCCC(=C)NC1=CCCC(C)=C1. The van der Waals surface area contributed by atoms with Crippen LogP contribution in [0.4, 0.5) is 0 Å². The lowest BCUT2D eigenvalue weighted by Gasteiger charge is -2.14. The minimum atomic E-state index is 0.966. The van der Waals surface area contributed by atoms with E-state index in [-0.39, 0.29) is 0 Å². The van der Waals surface area contributed by atoms with Gasteiger partial charge in [-0.15, -0.1) is 6.58 Å². The normalized spacial score (nSPS) is 15.5. The molecule has 0 atom stereocenters. The summed E-state index contributed by atoms with van der Waals surface area (Å²) in [5, 5.41) is 3.33. The van der Waals surface area contributed by atoms with Gasteiger partial charge in [0, 0.05) is 11.4 Å². The Bertz CT molecular complexity index is 282. The van der Waals surface area contributed by atoms with E-state index < -0.39 is 0 Å². The molecule has 0 saturated carbocycles. The van der Waals surface area contributed by atoms with E-state index in [0.717, 1.165) is 25.0 Å². The van der Waals surface area contributed by atoms with Gasteiger partial charge in [0.2, 0.25) is 0 Å². The first-order chi connectivity index (χ1) is 6.72. The molecule has 0 radical (unpaired) electrons. The van der Waals surface area contributed by atoms with Crippen LogP contribution in [0.1, 0.15) is 32.6 Å². The van der Waals surface area contributed by atoms with Gasteiger partial charge in [-0.1, -0.05) is 24.3 Å². The second-order valence-electron chi connectivity index (χ2n) is 3.74. The summed E-state index contributed by atoms with van der Waals surface area (Å²) in [6.07, 6.45) is 10.6. The zero-order valence-corrected chi connectivity index (χ0v) is 8.97. The summed E-state index contributed by atoms with van der Waals surface area (Å²) in [6.45, 7) is 9.85. The van der Waals surface area contributed by atoms with Gasteiger partial charge in [0.05, 0.1) is 0 Å². The first kappa shape index (κ1) is 10.8. The Hall–Kier alpha value is -1.24. The molecule has 0 bridgehead atoms. The topological polar surface area (TPSA) is 12.0 Å². The zero-order chi connectivity index (χ0) is 10.4. The minimum Gasteiger partial charge on any atom is -0.360 e.